The van der Waals surface area contributed by atoms with Gasteiger partial charge in [-0.05, 0) is 6.07 Å². The molecule has 8 nitrogen and oxygen atoms in total. The van der Waals surface area contributed by atoms with Gasteiger partial charge in [0.2, 0.25) is 5.15 Å². The SMILES string of the molecule is O=C(NCc1ccno1)c1ccnc(Cl)c1[N+](=O)[O-]. The van der Waals surface area contributed by atoms with Gasteiger partial charge in [0.05, 0.1) is 17.7 Å². The van der Waals surface area contributed by atoms with Gasteiger partial charge in [-0.15, -0.1) is 0 Å². The summed E-state index contributed by atoms with van der Waals surface area (Å²) in [6, 6.07) is 2.79. The zero-order chi connectivity index (χ0) is 13.8. The van der Waals surface area contributed by atoms with Crippen molar-refractivity contribution in [2.24, 2.45) is 0 Å². The van der Waals surface area contributed by atoms with Crippen LogP contribution in [0.1, 0.15) is 16.1 Å². The summed E-state index contributed by atoms with van der Waals surface area (Å²) in [5, 5.41) is 16.4. The molecule has 98 valence electrons. The number of rotatable bonds is 4. The minimum atomic E-state index is -0.751. The molecule has 0 atom stereocenters. The van der Waals surface area contributed by atoms with Gasteiger partial charge in [0, 0.05) is 12.3 Å². The second kappa shape index (κ2) is 5.44. The highest BCUT2D eigenvalue weighted by molar-refractivity contribution is 6.32. The number of carbonyl (C=O) groups is 1. The van der Waals surface area contributed by atoms with Gasteiger partial charge < -0.3 is 9.84 Å². The van der Waals surface area contributed by atoms with Crippen LogP contribution in [0, 0.1) is 10.1 Å². The second-order valence-electron chi connectivity index (χ2n) is 3.42. The molecule has 1 N–H and O–H groups in total. The maximum Gasteiger partial charge on any atom is 0.319 e. The number of amides is 1. The van der Waals surface area contributed by atoms with Gasteiger partial charge in [-0.1, -0.05) is 16.8 Å². The van der Waals surface area contributed by atoms with Crippen LogP contribution in [-0.4, -0.2) is 21.0 Å². The van der Waals surface area contributed by atoms with Crippen molar-refractivity contribution in [1.29, 1.82) is 0 Å². The zero-order valence-corrected chi connectivity index (χ0v) is 10.1. The number of halogens is 1. The fourth-order valence-corrected chi connectivity index (χ4v) is 1.61. The quantitative estimate of drug-likeness (QED) is 0.517. The van der Waals surface area contributed by atoms with Gasteiger partial charge in [-0.3, -0.25) is 14.9 Å². The number of hydrogen-bond donors (Lipinski definition) is 1. The van der Waals surface area contributed by atoms with E-state index in [0.717, 1.165) is 0 Å². The Bertz CT molecular complexity index is 614. The first-order valence-corrected chi connectivity index (χ1v) is 5.44. The summed E-state index contributed by atoms with van der Waals surface area (Å²) in [5.41, 5.74) is -0.691. The van der Waals surface area contributed by atoms with E-state index in [9.17, 15) is 14.9 Å². The first-order valence-electron chi connectivity index (χ1n) is 5.06. The minimum Gasteiger partial charge on any atom is -0.360 e. The number of nitrogens with one attached hydrogen (secondary N) is 1. The molecule has 1 amide bonds. The molecule has 2 heterocycles. The van der Waals surface area contributed by atoms with Crippen LogP contribution < -0.4 is 5.32 Å². The molecule has 0 fully saturated rings. The van der Waals surface area contributed by atoms with Crippen LogP contribution in [0.2, 0.25) is 5.15 Å². The monoisotopic (exact) mass is 282 g/mol. The molecule has 2 rings (SSSR count). The number of aromatic nitrogens is 2. The summed E-state index contributed by atoms with van der Waals surface area (Å²) in [4.78, 5) is 25.5. The van der Waals surface area contributed by atoms with Gasteiger partial charge >= 0.3 is 5.69 Å². The first kappa shape index (κ1) is 13.0. The lowest BCUT2D eigenvalue weighted by atomic mass is 10.2. The first-order chi connectivity index (χ1) is 9.09. The van der Waals surface area contributed by atoms with Gasteiger partial charge in [0.25, 0.3) is 5.91 Å². The number of nitro groups is 1. The Morgan fingerprint density at radius 1 is 1.47 bits per heavy atom. The van der Waals surface area contributed by atoms with Crippen molar-refractivity contribution in [3.8, 4) is 0 Å². The van der Waals surface area contributed by atoms with Crippen molar-refractivity contribution in [3.63, 3.8) is 0 Å². The maximum absolute atomic E-state index is 11.9. The molecule has 0 radical (unpaired) electrons. The Balaban J connectivity index is 2.19. The second-order valence-corrected chi connectivity index (χ2v) is 3.77. The fraction of sp³-hybridized carbons (Fsp3) is 0.100. The van der Waals surface area contributed by atoms with Crippen molar-refractivity contribution in [1.82, 2.24) is 15.5 Å². The third-order valence-electron chi connectivity index (χ3n) is 2.22. The predicted molar refractivity (Wildman–Crippen MR) is 63.6 cm³/mol. The van der Waals surface area contributed by atoms with E-state index in [4.69, 9.17) is 16.1 Å². The van der Waals surface area contributed by atoms with Crippen molar-refractivity contribution in [3.05, 3.63) is 51.1 Å². The molecular weight excluding hydrogens is 276 g/mol. The Morgan fingerprint density at radius 2 is 2.26 bits per heavy atom. The Hall–Kier alpha value is -2.48. The summed E-state index contributed by atoms with van der Waals surface area (Å²) < 4.78 is 4.78. The number of nitrogens with zero attached hydrogens (tertiary/aromatic N) is 3. The number of hydrogen-bond acceptors (Lipinski definition) is 6. The van der Waals surface area contributed by atoms with Crippen LogP contribution in [0.4, 0.5) is 5.69 Å². The molecule has 2 aromatic rings. The van der Waals surface area contributed by atoms with E-state index in [-0.39, 0.29) is 17.3 Å². The maximum atomic E-state index is 11.9. The van der Waals surface area contributed by atoms with Crippen LogP contribution in [0.5, 0.6) is 0 Å². The fourth-order valence-electron chi connectivity index (χ4n) is 1.38. The lowest BCUT2D eigenvalue weighted by Gasteiger charge is -2.04. The zero-order valence-electron chi connectivity index (χ0n) is 9.37. The van der Waals surface area contributed by atoms with Crippen molar-refractivity contribution >= 4 is 23.2 Å². The minimum absolute atomic E-state index is 0.0654. The van der Waals surface area contributed by atoms with Crippen LogP contribution in [0.3, 0.4) is 0 Å². The number of carbonyl (C=O) groups excluding carboxylic acids is 1. The smallest absolute Gasteiger partial charge is 0.319 e. The molecule has 0 spiro atoms. The average molecular weight is 283 g/mol. The molecule has 0 bridgehead atoms. The van der Waals surface area contributed by atoms with Gasteiger partial charge in [0.15, 0.2) is 5.76 Å². The van der Waals surface area contributed by atoms with Crippen molar-refractivity contribution in [2.45, 2.75) is 6.54 Å². The van der Waals surface area contributed by atoms with Crippen molar-refractivity contribution in [2.75, 3.05) is 0 Å². The topological polar surface area (TPSA) is 111 Å². The third kappa shape index (κ3) is 2.86. The van der Waals surface area contributed by atoms with Crippen molar-refractivity contribution < 1.29 is 14.2 Å². The standard InChI is InChI=1S/C10H7ClN4O4/c11-9-8(15(17)18)7(2-3-12-9)10(16)13-5-6-1-4-14-19-6/h1-4H,5H2,(H,13,16). The molecule has 0 unspecified atom stereocenters. The molecule has 0 aliphatic carbocycles. The predicted octanol–water partition coefficient (Wildman–Crippen LogP) is 1.56. The van der Waals surface area contributed by atoms with E-state index in [0.29, 0.717) is 5.76 Å². The summed E-state index contributed by atoms with van der Waals surface area (Å²) in [5.74, 6) is -0.219. The third-order valence-corrected chi connectivity index (χ3v) is 2.50. The number of pyridine rings is 1. The van der Waals surface area contributed by atoms with Gasteiger partial charge in [-0.25, -0.2) is 4.98 Å². The van der Waals surface area contributed by atoms with Crippen LogP contribution in [0.25, 0.3) is 0 Å². The molecule has 2 aromatic heterocycles. The van der Waals surface area contributed by atoms with Gasteiger partial charge in [-0.2, -0.15) is 0 Å². The van der Waals surface area contributed by atoms with E-state index in [1.165, 1.54) is 18.5 Å². The largest absolute Gasteiger partial charge is 0.360 e. The van der Waals surface area contributed by atoms with Crippen LogP contribution in [-0.2, 0) is 6.54 Å². The molecule has 0 aliphatic heterocycles. The summed E-state index contributed by atoms with van der Waals surface area (Å²) >= 11 is 5.61. The highest BCUT2D eigenvalue weighted by atomic mass is 35.5. The molecule has 0 saturated carbocycles. The molecule has 9 heteroatoms. The molecule has 0 aromatic carbocycles. The van der Waals surface area contributed by atoms with Gasteiger partial charge in [0.1, 0.15) is 5.56 Å². The van der Waals surface area contributed by atoms with Crippen LogP contribution in [0.15, 0.2) is 29.0 Å². The van der Waals surface area contributed by atoms with E-state index < -0.39 is 16.5 Å². The molecule has 0 saturated heterocycles. The molecule has 19 heavy (non-hydrogen) atoms. The lowest BCUT2D eigenvalue weighted by molar-refractivity contribution is -0.385. The van der Waals surface area contributed by atoms with E-state index in [1.54, 1.807) is 6.07 Å². The van der Waals surface area contributed by atoms with E-state index in [2.05, 4.69) is 15.5 Å². The summed E-state index contributed by atoms with van der Waals surface area (Å²) in [6.45, 7) is 0.0654. The lowest BCUT2D eigenvalue weighted by Crippen LogP contribution is -2.23. The molecular formula is C10H7ClN4O4. The van der Waals surface area contributed by atoms with E-state index >= 15 is 0 Å². The summed E-state index contributed by atoms with van der Waals surface area (Å²) in [6.07, 6.45) is 2.64. The highest BCUT2D eigenvalue weighted by Gasteiger charge is 2.24. The summed E-state index contributed by atoms with van der Waals surface area (Å²) in [7, 11) is 0. The van der Waals surface area contributed by atoms with Crippen LogP contribution >= 0.6 is 11.6 Å². The Labute approximate surface area is 111 Å². The molecule has 0 aliphatic rings. The normalized spacial score (nSPS) is 10.2. The Morgan fingerprint density at radius 3 is 2.89 bits per heavy atom. The average Bonchev–Trinajstić information content (AvgIpc) is 2.88. The highest BCUT2D eigenvalue weighted by Crippen LogP contribution is 2.25. The Kier molecular flexibility index (Phi) is 3.71. The van der Waals surface area contributed by atoms with E-state index in [1.807, 2.05) is 0 Å².